The first-order valence-electron chi connectivity index (χ1n) is 9.90. The third-order valence-electron chi connectivity index (χ3n) is 6.06. The number of carbonyl (C=O) groups excluding carboxylic acids is 1. The lowest BCUT2D eigenvalue weighted by Crippen LogP contribution is -2.47. The van der Waals surface area contributed by atoms with Crippen LogP contribution in [-0.2, 0) is 14.8 Å². The van der Waals surface area contributed by atoms with Crippen molar-refractivity contribution in [2.24, 2.45) is 17.6 Å². The van der Waals surface area contributed by atoms with E-state index < -0.39 is 10.0 Å². The van der Waals surface area contributed by atoms with E-state index >= 15 is 0 Å². The lowest BCUT2D eigenvalue weighted by Gasteiger charge is -2.32. The predicted molar refractivity (Wildman–Crippen MR) is 113 cm³/mol. The van der Waals surface area contributed by atoms with Crippen LogP contribution in [0.4, 0.5) is 0 Å². The van der Waals surface area contributed by atoms with Crippen molar-refractivity contribution in [1.29, 1.82) is 0 Å². The molecule has 2 fully saturated rings. The molecule has 6 nitrogen and oxygen atoms in total. The highest BCUT2D eigenvalue weighted by molar-refractivity contribution is 7.89. The molecule has 1 aliphatic carbocycles. The number of nitrogens with two attached hydrogens (primary N) is 1. The lowest BCUT2D eigenvalue weighted by atomic mass is 9.95. The molecular formula is C20H32ClN3O3S. The smallest absolute Gasteiger partial charge is 0.243 e. The first kappa shape index (κ1) is 23.1. The van der Waals surface area contributed by atoms with Crippen molar-refractivity contribution in [2.75, 3.05) is 19.6 Å². The van der Waals surface area contributed by atoms with E-state index in [1.807, 2.05) is 26.0 Å². The van der Waals surface area contributed by atoms with Gasteiger partial charge in [-0.1, -0.05) is 24.1 Å². The summed E-state index contributed by atoms with van der Waals surface area (Å²) in [5, 5.41) is 3.16. The molecule has 2 unspecified atom stereocenters. The maximum Gasteiger partial charge on any atom is 0.243 e. The van der Waals surface area contributed by atoms with Gasteiger partial charge in [0.25, 0.3) is 0 Å². The molecule has 0 spiro atoms. The SMILES string of the molecule is Cc1ccc(S(=O)(=O)N2CCC(C(=O)NC3CCCC3CN)CC2)c(C)c1.Cl. The van der Waals surface area contributed by atoms with Crippen molar-refractivity contribution in [3.05, 3.63) is 29.3 Å². The molecule has 158 valence electrons. The summed E-state index contributed by atoms with van der Waals surface area (Å²) in [5.41, 5.74) is 7.61. The first-order chi connectivity index (χ1) is 12.8. The zero-order valence-electron chi connectivity index (χ0n) is 16.7. The second-order valence-electron chi connectivity index (χ2n) is 7.99. The highest BCUT2D eigenvalue weighted by Crippen LogP contribution is 2.28. The molecule has 1 aromatic carbocycles. The van der Waals surface area contributed by atoms with Gasteiger partial charge in [0.15, 0.2) is 0 Å². The van der Waals surface area contributed by atoms with E-state index in [2.05, 4.69) is 5.32 Å². The van der Waals surface area contributed by atoms with Crippen LogP contribution < -0.4 is 11.1 Å². The molecule has 2 aliphatic rings. The van der Waals surface area contributed by atoms with Crippen LogP contribution in [0.15, 0.2) is 23.1 Å². The number of nitrogens with one attached hydrogen (secondary N) is 1. The van der Waals surface area contributed by atoms with Gasteiger partial charge in [0.1, 0.15) is 0 Å². The maximum atomic E-state index is 13.0. The summed E-state index contributed by atoms with van der Waals surface area (Å²) in [5.74, 6) is 0.317. The van der Waals surface area contributed by atoms with Crippen molar-refractivity contribution in [2.45, 2.75) is 56.9 Å². The van der Waals surface area contributed by atoms with E-state index in [4.69, 9.17) is 5.73 Å². The van der Waals surface area contributed by atoms with Gasteiger partial charge in [0.2, 0.25) is 15.9 Å². The quantitative estimate of drug-likeness (QED) is 0.751. The number of piperidine rings is 1. The Hall–Kier alpha value is -1.15. The largest absolute Gasteiger partial charge is 0.353 e. The Labute approximate surface area is 174 Å². The predicted octanol–water partition coefficient (Wildman–Crippen LogP) is 2.37. The average Bonchev–Trinajstić information content (AvgIpc) is 3.08. The Balaban J connectivity index is 0.00000280. The third-order valence-corrected chi connectivity index (χ3v) is 8.12. The molecule has 1 saturated carbocycles. The van der Waals surface area contributed by atoms with Crippen LogP contribution in [0.25, 0.3) is 0 Å². The Morgan fingerprint density at radius 2 is 1.86 bits per heavy atom. The molecule has 8 heteroatoms. The van der Waals surface area contributed by atoms with Gasteiger partial charge in [-0.3, -0.25) is 4.79 Å². The molecule has 3 N–H and O–H groups in total. The summed E-state index contributed by atoms with van der Waals surface area (Å²) in [6.45, 7) is 5.16. The topological polar surface area (TPSA) is 92.5 Å². The van der Waals surface area contributed by atoms with E-state index in [9.17, 15) is 13.2 Å². The molecular weight excluding hydrogens is 398 g/mol. The van der Waals surface area contributed by atoms with E-state index in [0.29, 0.717) is 43.3 Å². The Morgan fingerprint density at radius 1 is 1.18 bits per heavy atom. The molecule has 2 atom stereocenters. The van der Waals surface area contributed by atoms with Crippen LogP contribution in [0.3, 0.4) is 0 Å². The van der Waals surface area contributed by atoms with Gasteiger partial charge in [-0.15, -0.1) is 12.4 Å². The van der Waals surface area contributed by atoms with Crippen molar-refractivity contribution in [3.8, 4) is 0 Å². The van der Waals surface area contributed by atoms with Gasteiger partial charge in [0.05, 0.1) is 4.90 Å². The minimum absolute atomic E-state index is 0. The molecule has 1 saturated heterocycles. The van der Waals surface area contributed by atoms with Crippen LogP contribution in [0.1, 0.15) is 43.2 Å². The number of hydrogen-bond acceptors (Lipinski definition) is 4. The minimum Gasteiger partial charge on any atom is -0.353 e. The summed E-state index contributed by atoms with van der Waals surface area (Å²) < 4.78 is 27.5. The average molecular weight is 430 g/mol. The number of benzene rings is 1. The summed E-state index contributed by atoms with van der Waals surface area (Å²) in [6.07, 6.45) is 4.31. The summed E-state index contributed by atoms with van der Waals surface area (Å²) >= 11 is 0. The zero-order valence-corrected chi connectivity index (χ0v) is 18.3. The molecule has 0 radical (unpaired) electrons. The van der Waals surface area contributed by atoms with Gasteiger partial charge < -0.3 is 11.1 Å². The molecule has 0 aromatic heterocycles. The van der Waals surface area contributed by atoms with Crippen LogP contribution in [0, 0.1) is 25.7 Å². The fourth-order valence-electron chi connectivity index (χ4n) is 4.40. The lowest BCUT2D eigenvalue weighted by molar-refractivity contribution is -0.127. The third kappa shape index (κ3) is 4.87. The van der Waals surface area contributed by atoms with Crippen molar-refractivity contribution < 1.29 is 13.2 Å². The van der Waals surface area contributed by atoms with E-state index in [1.54, 1.807) is 6.07 Å². The molecule has 1 aliphatic heterocycles. The van der Waals surface area contributed by atoms with Crippen molar-refractivity contribution in [3.63, 3.8) is 0 Å². The van der Waals surface area contributed by atoms with Gasteiger partial charge in [-0.25, -0.2) is 8.42 Å². The van der Waals surface area contributed by atoms with Crippen LogP contribution in [0.5, 0.6) is 0 Å². The second-order valence-corrected chi connectivity index (χ2v) is 9.90. The highest BCUT2D eigenvalue weighted by Gasteiger charge is 2.35. The normalized spacial score (nSPS) is 24.0. The fourth-order valence-corrected chi connectivity index (χ4v) is 6.07. The molecule has 1 aromatic rings. The standard InChI is InChI=1S/C20H31N3O3S.ClH/c1-14-6-7-19(15(2)12-14)27(25,26)23-10-8-16(9-11-23)20(24)22-18-5-3-4-17(18)13-21;/h6-7,12,16-18H,3-5,8-11,13,21H2,1-2H3,(H,22,24);1H. The van der Waals surface area contributed by atoms with Gasteiger partial charge in [-0.05, 0) is 63.6 Å². The Morgan fingerprint density at radius 3 is 2.46 bits per heavy atom. The number of halogens is 1. The molecule has 0 bridgehead atoms. The molecule has 1 heterocycles. The maximum absolute atomic E-state index is 13.0. The molecule has 28 heavy (non-hydrogen) atoms. The number of carbonyl (C=O) groups is 1. The monoisotopic (exact) mass is 429 g/mol. The van der Waals surface area contributed by atoms with Crippen LogP contribution in [0.2, 0.25) is 0 Å². The molecule has 3 rings (SSSR count). The van der Waals surface area contributed by atoms with Gasteiger partial charge >= 0.3 is 0 Å². The van der Waals surface area contributed by atoms with Gasteiger partial charge in [0, 0.05) is 25.0 Å². The Bertz CT molecular complexity index is 792. The number of rotatable bonds is 5. The number of aryl methyl sites for hydroxylation is 2. The van der Waals surface area contributed by atoms with E-state index in [0.717, 1.165) is 30.4 Å². The minimum atomic E-state index is -3.51. The van der Waals surface area contributed by atoms with Crippen LogP contribution >= 0.6 is 12.4 Å². The summed E-state index contributed by atoms with van der Waals surface area (Å²) in [7, 11) is -3.51. The van der Waals surface area contributed by atoms with Crippen molar-refractivity contribution >= 4 is 28.3 Å². The highest BCUT2D eigenvalue weighted by atomic mass is 35.5. The summed E-state index contributed by atoms with van der Waals surface area (Å²) in [4.78, 5) is 13.0. The van der Waals surface area contributed by atoms with Crippen LogP contribution in [-0.4, -0.2) is 44.3 Å². The van der Waals surface area contributed by atoms with E-state index in [-0.39, 0.29) is 30.3 Å². The Kier molecular flexibility index (Phi) is 7.90. The van der Waals surface area contributed by atoms with E-state index in [1.165, 1.54) is 4.31 Å². The molecule has 1 amide bonds. The summed E-state index contributed by atoms with van der Waals surface area (Å²) in [6, 6.07) is 5.59. The fraction of sp³-hybridized carbons (Fsp3) is 0.650. The first-order valence-corrected chi connectivity index (χ1v) is 11.3. The second kappa shape index (κ2) is 9.57. The zero-order chi connectivity index (χ0) is 19.6. The number of amides is 1. The number of nitrogens with zero attached hydrogens (tertiary/aromatic N) is 1. The number of sulfonamides is 1. The van der Waals surface area contributed by atoms with Gasteiger partial charge in [-0.2, -0.15) is 4.31 Å². The number of hydrogen-bond donors (Lipinski definition) is 2. The van der Waals surface area contributed by atoms with Crippen molar-refractivity contribution in [1.82, 2.24) is 9.62 Å².